The molecule has 24 heavy (non-hydrogen) atoms. The smallest absolute Gasteiger partial charge is 0.241 e. The third kappa shape index (κ3) is 4.95. The third-order valence-corrected chi connectivity index (χ3v) is 5.42. The van der Waals surface area contributed by atoms with Gasteiger partial charge in [0, 0.05) is 5.69 Å². The molecule has 0 aliphatic heterocycles. The van der Waals surface area contributed by atoms with E-state index in [0.29, 0.717) is 15.7 Å². The molecule has 0 atom stereocenters. The van der Waals surface area contributed by atoms with Crippen LogP contribution in [-0.2, 0) is 21.2 Å². The van der Waals surface area contributed by atoms with Crippen LogP contribution in [-0.4, -0.2) is 20.9 Å². The average Bonchev–Trinajstić information content (AvgIpc) is 2.56. The van der Waals surface area contributed by atoms with E-state index >= 15 is 0 Å². The number of halogens is 2. The highest BCUT2D eigenvalue weighted by atomic mass is 35.5. The zero-order valence-electron chi connectivity index (χ0n) is 12.8. The number of nitrogens with one attached hydrogen (secondary N) is 2. The fraction of sp³-hybridized carbons (Fsp3) is 0.188. The molecule has 5 nitrogen and oxygen atoms in total. The third-order valence-electron chi connectivity index (χ3n) is 3.27. The number of carbonyl (C=O) groups excluding carboxylic acids is 1. The van der Waals surface area contributed by atoms with Crippen LogP contribution in [0.2, 0.25) is 10.0 Å². The van der Waals surface area contributed by atoms with Crippen LogP contribution in [0.4, 0.5) is 5.69 Å². The summed E-state index contributed by atoms with van der Waals surface area (Å²) in [6, 6.07) is 11.1. The Hall–Kier alpha value is -1.60. The largest absolute Gasteiger partial charge is 0.325 e. The molecule has 2 rings (SSSR count). The van der Waals surface area contributed by atoms with E-state index in [9.17, 15) is 13.2 Å². The Labute approximate surface area is 151 Å². The molecule has 0 bridgehead atoms. The summed E-state index contributed by atoms with van der Waals surface area (Å²) in [5.41, 5.74) is 1.47. The normalized spacial score (nSPS) is 11.3. The number of aryl methyl sites for hydroxylation is 1. The van der Waals surface area contributed by atoms with Gasteiger partial charge in [-0.15, -0.1) is 0 Å². The summed E-state index contributed by atoms with van der Waals surface area (Å²) >= 11 is 11.6. The zero-order valence-corrected chi connectivity index (χ0v) is 15.2. The predicted molar refractivity (Wildman–Crippen MR) is 96.1 cm³/mol. The number of hydrogen-bond donors (Lipinski definition) is 2. The van der Waals surface area contributed by atoms with Gasteiger partial charge in [-0.3, -0.25) is 4.79 Å². The van der Waals surface area contributed by atoms with E-state index in [2.05, 4.69) is 10.0 Å². The minimum absolute atomic E-state index is 0.113. The first-order valence-electron chi connectivity index (χ1n) is 7.15. The molecule has 0 heterocycles. The monoisotopic (exact) mass is 386 g/mol. The lowest BCUT2D eigenvalue weighted by molar-refractivity contribution is -0.115. The van der Waals surface area contributed by atoms with Crippen molar-refractivity contribution in [2.75, 3.05) is 11.9 Å². The van der Waals surface area contributed by atoms with Gasteiger partial charge < -0.3 is 5.32 Å². The van der Waals surface area contributed by atoms with Crippen molar-refractivity contribution in [2.24, 2.45) is 0 Å². The van der Waals surface area contributed by atoms with Gasteiger partial charge in [0.05, 0.1) is 21.5 Å². The number of carbonyl (C=O) groups is 1. The molecule has 2 aromatic carbocycles. The maximum Gasteiger partial charge on any atom is 0.241 e. The van der Waals surface area contributed by atoms with Crippen LogP contribution in [0.1, 0.15) is 12.5 Å². The lowest BCUT2D eigenvalue weighted by Crippen LogP contribution is -2.32. The van der Waals surface area contributed by atoms with Gasteiger partial charge in [0.2, 0.25) is 15.9 Å². The molecule has 0 radical (unpaired) electrons. The van der Waals surface area contributed by atoms with Gasteiger partial charge in [0.25, 0.3) is 0 Å². The minimum Gasteiger partial charge on any atom is -0.325 e. The second-order valence-electron chi connectivity index (χ2n) is 5.00. The summed E-state index contributed by atoms with van der Waals surface area (Å²) < 4.78 is 26.6. The summed E-state index contributed by atoms with van der Waals surface area (Å²) in [7, 11) is -3.75. The van der Waals surface area contributed by atoms with Gasteiger partial charge in [-0.05, 0) is 42.3 Å². The van der Waals surface area contributed by atoms with Crippen molar-refractivity contribution in [3.05, 3.63) is 58.1 Å². The Morgan fingerprint density at radius 3 is 2.29 bits per heavy atom. The lowest BCUT2D eigenvalue weighted by atomic mass is 10.2. The van der Waals surface area contributed by atoms with Gasteiger partial charge in [0.15, 0.2) is 0 Å². The first-order valence-corrected chi connectivity index (χ1v) is 9.39. The van der Waals surface area contributed by atoms with Crippen molar-refractivity contribution in [3.63, 3.8) is 0 Å². The molecule has 0 aliphatic rings. The van der Waals surface area contributed by atoms with Crippen LogP contribution in [0, 0.1) is 0 Å². The SMILES string of the molecule is CCc1ccc(S(=O)(=O)NCC(=O)Nc2ccc(Cl)c(Cl)c2)cc1. The molecule has 8 heteroatoms. The number of sulfonamides is 1. The lowest BCUT2D eigenvalue weighted by Gasteiger charge is -2.09. The van der Waals surface area contributed by atoms with Crippen LogP contribution in [0.15, 0.2) is 47.4 Å². The van der Waals surface area contributed by atoms with E-state index in [4.69, 9.17) is 23.2 Å². The fourth-order valence-corrected chi connectivity index (χ4v) is 3.21. The Morgan fingerprint density at radius 2 is 1.71 bits per heavy atom. The maximum atomic E-state index is 12.2. The predicted octanol–water partition coefficient (Wildman–Crippen LogP) is 3.47. The number of anilines is 1. The second kappa shape index (κ2) is 7.98. The molecular formula is C16H16Cl2N2O3S. The molecule has 2 N–H and O–H groups in total. The highest BCUT2D eigenvalue weighted by Crippen LogP contribution is 2.24. The second-order valence-corrected chi connectivity index (χ2v) is 7.58. The Kier molecular flexibility index (Phi) is 6.23. The maximum absolute atomic E-state index is 12.2. The average molecular weight is 387 g/mol. The van der Waals surface area contributed by atoms with Gasteiger partial charge in [-0.2, -0.15) is 0 Å². The van der Waals surface area contributed by atoms with Crippen LogP contribution in [0.5, 0.6) is 0 Å². The van der Waals surface area contributed by atoms with Crippen molar-refractivity contribution in [1.29, 1.82) is 0 Å². The molecule has 0 aliphatic carbocycles. The van der Waals surface area contributed by atoms with Gasteiger partial charge in [0.1, 0.15) is 0 Å². The molecular weight excluding hydrogens is 371 g/mol. The molecule has 0 aromatic heterocycles. The van der Waals surface area contributed by atoms with E-state index in [0.717, 1.165) is 12.0 Å². The zero-order chi connectivity index (χ0) is 17.7. The number of benzene rings is 2. The highest BCUT2D eigenvalue weighted by molar-refractivity contribution is 7.89. The van der Waals surface area contributed by atoms with Crippen LogP contribution < -0.4 is 10.0 Å². The Balaban J connectivity index is 1.97. The van der Waals surface area contributed by atoms with Crippen LogP contribution >= 0.6 is 23.2 Å². The quantitative estimate of drug-likeness (QED) is 0.797. The van der Waals surface area contributed by atoms with Gasteiger partial charge >= 0.3 is 0 Å². The summed E-state index contributed by atoms with van der Waals surface area (Å²) in [4.78, 5) is 12.0. The molecule has 1 amide bonds. The highest BCUT2D eigenvalue weighted by Gasteiger charge is 2.15. The Morgan fingerprint density at radius 1 is 1.04 bits per heavy atom. The number of hydrogen-bond acceptors (Lipinski definition) is 3. The van der Waals surface area contributed by atoms with E-state index in [-0.39, 0.29) is 4.90 Å². The first kappa shape index (κ1) is 18.7. The number of rotatable bonds is 6. The molecule has 0 saturated carbocycles. The standard InChI is InChI=1S/C16H16Cl2N2O3S/c1-2-11-3-6-13(7-4-11)24(22,23)19-10-16(21)20-12-5-8-14(17)15(18)9-12/h3-9,19H,2,10H2,1H3,(H,20,21). The van der Waals surface area contributed by atoms with E-state index in [1.165, 1.54) is 18.2 Å². The molecule has 128 valence electrons. The van der Waals surface area contributed by atoms with Crippen LogP contribution in [0.3, 0.4) is 0 Å². The summed E-state index contributed by atoms with van der Waals surface area (Å²) in [5.74, 6) is -0.512. The van der Waals surface area contributed by atoms with Crippen molar-refractivity contribution in [1.82, 2.24) is 4.72 Å². The molecule has 0 spiro atoms. The topological polar surface area (TPSA) is 75.3 Å². The summed E-state index contributed by atoms with van der Waals surface area (Å²) in [6.07, 6.45) is 0.819. The summed E-state index contributed by atoms with van der Waals surface area (Å²) in [5, 5.41) is 3.21. The fourth-order valence-electron chi connectivity index (χ4n) is 1.93. The molecule has 0 saturated heterocycles. The molecule has 0 fully saturated rings. The molecule has 0 unspecified atom stereocenters. The minimum atomic E-state index is -3.75. The van der Waals surface area contributed by atoms with Crippen molar-refractivity contribution in [2.45, 2.75) is 18.2 Å². The van der Waals surface area contributed by atoms with Crippen molar-refractivity contribution < 1.29 is 13.2 Å². The van der Waals surface area contributed by atoms with E-state index < -0.39 is 22.5 Å². The van der Waals surface area contributed by atoms with Crippen LogP contribution in [0.25, 0.3) is 0 Å². The number of amides is 1. The van der Waals surface area contributed by atoms with E-state index in [1.54, 1.807) is 24.3 Å². The van der Waals surface area contributed by atoms with E-state index in [1.807, 2.05) is 6.92 Å². The molecule has 2 aromatic rings. The first-order chi connectivity index (χ1) is 11.3. The summed E-state index contributed by atoms with van der Waals surface area (Å²) in [6.45, 7) is 1.59. The Bertz CT molecular complexity index is 837. The van der Waals surface area contributed by atoms with Crippen molar-refractivity contribution >= 4 is 44.8 Å². The van der Waals surface area contributed by atoms with Gasteiger partial charge in [-0.25, -0.2) is 13.1 Å². The van der Waals surface area contributed by atoms with Crippen molar-refractivity contribution in [3.8, 4) is 0 Å². The van der Waals surface area contributed by atoms with Gasteiger partial charge in [-0.1, -0.05) is 42.3 Å².